The van der Waals surface area contributed by atoms with Gasteiger partial charge in [0.05, 0.1) is 0 Å². The molecule has 0 heterocycles. The first kappa shape index (κ1) is 8.78. The summed E-state index contributed by atoms with van der Waals surface area (Å²) in [7, 11) is 0. The van der Waals surface area contributed by atoms with Crippen LogP contribution in [0.1, 0.15) is 18.4 Å². The lowest BCUT2D eigenvalue weighted by Gasteiger charge is -1.97. The number of carboxylic acids is 1. The van der Waals surface area contributed by atoms with E-state index in [0.717, 1.165) is 12.8 Å². The molecule has 0 amide bonds. The molecule has 0 fully saturated rings. The molecule has 0 unspecified atom stereocenters. The summed E-state index contributed by atoms with van der Waals surface area (Å²) in [6.07, 6.45) is 1.83. The first-order chi connectivity index (χ1) is 5.79. The van der Waals surface area contributed by atoms with E-state index in [1.54, 1.807) is 0 Å². The van der Waals surface area contributed by atoms with Gasteiger partial charge in [-0.15, -0.1) is 0 Å². The second kappa shape index (κ2) is 4.54. The molecule has 1 rings (SSSR count). The van der Waals surface area contributed by atoms with Gasteiger partial charge in [-0.2, -0.15) is 0 Å². The van der Waals surface area contributed by atoms with Crippen LogP contribution in [0.4, 0.5) is 0 Å². The maximum atomic E-state index is 10.2. The summed E-state index contributed by atoms with van der Waals surface area (Å²) in [5.41, 5.74) is 1.21. The summed E-state index contributed by atoms with van der Waals surface area (Å²) in [5, 5.41) is 8.39. The van der Waals surface area contributed by atoms with E-state index in [1.807, 2.05) is 30.3 Å². The summed E-state index contributed by atoms with van der Waals surface area (Å²) in [6, 6.07) is 9.93. The van der Waals surface area contributed by atoms with Gasteiger partial charge in [0.2, 0.25) is 0 Å². The minimum absolute atomic E-state index is 0.259. The molecule has 0 atom stereocenters. The number of benzene rings is 1. The zero-order chi connectivity index (χ0) is 8.81. The van der Waals surface area contributed by atoms with E-state index >= 15 is 0 Å². The topological polar surface area (TPSA) is 37.3 Å². The molecule has 1 aromatic carbocycles. The molecule has 1 N–H and O–H groups in total. The minimum atomic E-state index is -0.717. The largest absolute Gasteiger partial charge is 0.481 e. The fraction of sp³-hybridized carbons (Fsp3) is 0.300. The number of carboxylic acid groups (broad SMARTS) is 1. The number of aliphatic carboxylic acids is 1. The van der Waals surface area contributed by atoms with Gasteiger partial charge in [-0.05, 0) is 18.4 Å². The summed E-state index contributed by atoms with van der Waals surface area (Å²) < 4.78 is 0. The van der Waals surface area contributed by atoms with Gasteiger partial charge in [-0.25, -0.2) is 0 Å². The lowest BCUT2D eigenvalue weighted by Crippen LogP contribution is -1.95. The lowest BCUT2D eigenvalue weighted by atomic mass is 10.5. The van der Waals surface area contributed by atoms with E-state index in [-0.39, 0.29) is 6.42 Å². The molecule has 0 spiro atoms. The van der Waals surface area contributed by atoms with E-state index in [2.05, 4.69) is 0 Å². The smallest absolute Gasteiger partial charge is 0.303 e. The molecular formula is C10H12O2. The van der Waals surface area contributed by atoms with Gasteiger partial charge in [-0.3, -0.25) is 4.79 Å². The Morgan fingerprint density at radius 1 is 1.25 bits per heavy atom. The number of rotatable bonds is 4. The van der Waals surface area contributed by atoms with Gasteiger partial charge < -0.3 is 5.11 Å². The highest BCUT2D eigenvalue weighted by Gasteiger charge is 1.96. The molecule has 2 nitrogen and oxygen atoms in total. The highest BCUT2D eigenvalue weighted by atomic mass is 16.5. The van der Waals surface area contributed by atoms with Crippen LogP contribution in [0.5, 0.6) is 0 Å². The maximum Gasteiger partial charge on any atom is 0.303 e. The van der Waals surface area contributed by atoms with Gasteiger partial charge >= 0.3 is 5.97 Å². The molecule has 1 aromatic rings. The maximum absolute atomic E-state index is 10.2. The van der Waals surface area contributed by atoms with Gasteiger partial charge in [0.1, 0.15) is 0 Å². The highest BCUT2D eigenvalue weighted by molar-refractivity contribution is 5.66. The molecule has 0 aliphatic carbocycles. The van der Waals surface area contributed by atoms with Crippen LogP contribution in [-0.4, -0.2) is 11.1 Å². The minimum Gasteiger partial charge on any atom is -0.481 e. The second-order valence-electron chi connectivity index (χ2n) is 2.73. The lowest BCUT2D eigenvalue weighted by molar-refractivity contribution is -0.137. The molecule has 0 radical (unpaired) electrons. The second-order valence-corrected chi connectivity index (χ2v) is 2.73. The van der Waals surface area contributed by atoms with E-state index in [9.17, 15) is 4.79 Å². The van der Waals surface area contributed by atoms with Crippen molar-refractivity contribution in [3.8, 4) is 0 Å². The van der Waals surface area contributed by atoms with Crippen LogP contribution in [0, 0.1) is 0 Å². The molecule has 0 bridgehead atoms. The molecule has 0 saturated carbocycles. The molecular weight excluding hydrogens is 160 g/mol. The Labute approximate surface area is 71.8 Å². The third-order valence-corrected chi connectivity index (χ3v) is 1.70. The Morgan fingerprint density at radius 3 is 2.50 bits per heavy atom. The molecule has 12 heavy (non-hydrogen) atoms. The van der Waals surface area contributed by atoms with Crippen molar-refractivity contribution in [2.45, 2.75) is 19.3 Å². The van der Waals surface area contributed by atoms with Crippen molar-refractivity contribution in [1.82, 2.24) is 0 Å². The van der Waals surface area contributed by atoms with Gasteiger partial charge in [0.15, 0.2) is 0 Å². The zero-order valence-electron chi connectivity index (χ0n) is 6.86. The Morgan fingerprint density at radius 2 is 1.92 bits per heavy atom. The molecule has 64 valence electrons. The molecule has 2 heteroatoms. The average molecular weight is 172 g/mol. The van der Waals surface area contributed by atoms with Crippen LogP contribution in [0.15, 0.2) is 30.3 Å². The fourth-order valence-corrected chi connectivity index (χ4v) is 1.09. The first-order valence-corrected chi connectivity index (χ1v) is 4.05. The van der Waals surface area contributed by atoms with Crippen molar-refractivity contribution >= 4 is 5.97 Å². The van der Waals surface area contributed by atoms with Crippen molar-refractivity contribution in [3.05, 3.63) is 35.9 Å². The van der Waals surface area contributed by atoms with E-state index < -0.39 is 5.97 Å². The van der Waals surface area contributed by atoms with Crippen molar-refractivity contribution in [3.63, 3.8) is 0 Å². The van der Waals surface area contributed by atoms with Crippen LogP contribution in [0.2, 0.25) is 0 Å². The van der Waals surface area contributed by atoms with Gasteiger partial charge in [0.25, 0.3) is 0 Å². The van der Waals surface area contributed by atoms with Crippen molar-refractivity contribution in [1.29, 1.82) is 0 Å². The molecule has 0 aromatic heterocycles. The Kier molecular flexibility index (Phi) is 3.33. The predicted molar refractivity (Wildman–Crippen MR) is 47.0 cm³/mol. The normalized spacial score (nSPS) is 9.67. The van der Waals surface area contributed by atoms with E-state index in [0.29, 0.717) is 0 Å². The number of hydrogen-bond acceptors (Lipinski definition) is 1. The number of hydrogen-bond donors (Lipinski definition) is 1. The molecule has 0 saturated heterocycles. The van der Waals surface area contributed by atoms with Crippen LogP contribution in [0.25, 0.3) is 0 Å². The van der Waals surface area contributed by atoms with Crippen molar-refractivity contribution < 1.29 is 9.90 Å². The predicted octanol–water partition coefficient (Wildman–Crippen LogP) is 2.09. The fourth-order valence-electron chi connectivity index (χ4n) is 1.09. The molecule has 0 aliphatic rings. The van der Waals surface area contributed by atoms with Crippen molar-refractivity contribution in [2.24, 2.45) is 0 Å². The highest BCUT2D eigenvalue weighted by Crippen LogP contribution is 2.03. The Balaban J connectivity index is 2.29. The standard InChI is InChI=1S/C10H12O2/c11-10(12)8-4-7-9-5-2-1-3-6-9/h1-3,5-6H,4,7-8H2,(H,11,12)/i1+1,2+1,3+1,5+1,6+1,7+1,9+1,10+1. The molecule has 0 aliphatic heterocycles. The summed E-state index contributed by atoms with van der Waals surface area (Å²) >= 11 is 0. The van der Waals surface area contributed by atoms with E-state index in [4.69, 9.17) is 5.11 Å². The summed E-state index contributed by atoms with van der Waals surface area (Å²) in [6.45, 7) is 0. The van der Waals surface area contributed by atoms with Crippen LogP contribution in [0.3, 0.4) is 0 Å². The van der Waals surface area contributed by atoms with Gasteiger partial charge in [0, 0.05) is 6.42 Å². The number of carbonyl (C=O) groups is 1. The zero-order valence-corrected chi connectivity index (χ0v) is 6.86. The van der Waals surface area contributed by atoms with Crippen LogP contribution in [-0.2, 0) is 11.2 Å². The van der Waals surface area contributed by atoms with Crippen molar-refractivity contribution in [2.75, 3.05) is 0 Å². The van der Waals surface area contributed by atoms with E-state index in [1.165, 1.54) is 5.56 Å². The number of aryl methyl sites for hydroxylation is 1. The van der Waals surface area contributed by atoms with Crippen LogP contribution < -0.4 is 0 Å². The van der Waals surface area contributed by atoms with Crippen LogP contribution >= 0.6 is 0 Å². The quantitative estimate of drug-likeness (QED) is 0.706. The summed E-state index contributed by atoms with van der Waals surface area (Å²) in [5.74, 6) is -0.717. The summed E-state index contributed by atoms with van der Waals surface area (Å²) in [4.78, 5) is 10.2. The SMILES string of the molecule is O=[13C](O)CC[13CH2][13c]1[13cH][13cH][13cH][13cH][13cH]1. The Bertz CT molecular complexity index is 241. The Hall–Kier alpha value is -1.31. The monoisotopic (exact) mass is 172 g/mol. The third-order valence-electron chi connectivity index (χ3n) is 1.70. The van der Waals surface area contributed by atoms with Gasteiger partial charge in [-0.1, -0.05) is 30.3 Å². The first-order valence-electron chi connectivity index (χ1n) is 4.05. The average Bonchev–Trinajstić information content (AvgIpc) is 2.05. The third kappa shape index (κ3) is 3.19.